The second-order valence-electron chi connectivity index (χ2n) is 5.18. The number of halogens is 1. The van der Waals surface area contributed by atoms with Crippen LogP contribution >= 0.6 is 22.9 Å². The van der Waals surface area contributed by atoms with Crippen LogP contribution in [0.4, 0.5) is 0 Å². The molecule has 0 saturated carbocycles. The molecular formula is C16H18ClNOS. The van der Waals surface area contributed by atoms with Crippen LogP contribution in [0.1, 0.15) is 33.4 Å². The molecule has 106 valence electrons. The van der Waals surface area contributed by atoms with Crippen molar-refractivity contribution in [2.45, 2.75) is 31.9 Å². The third-order valence-corrected chi connectivity index (χ3v) is 5.28. The fourth-order valence-corrected chi connectivity index (χ4v) is 4.16. The maximum absolute atomic E-state index is 10.2. The van der Waals surface area contributed by atoms with E-state index in [4.69, 9.17) is 11.6 Å². The number of hydrogen-bond donors (Lipinski definition) is 2. The van der Waals surface area contributed by atoms with Crippen molar-refractivity contribution in [1.29, 1.82) is 0 Å². The topological polar surface area (TPSA) is 32.3 Å². The Morgan fingerprint density at radius 3 is 2.95 bits per heavy atom. The normalized spacial score (nSPS) is 15.3. The highest BCUT2D eigenvalue weighted by Crippen LogP contribution is 2.30. The molecule has 0 aliphatic heterocycles. The molecule has 3 rings (SSSR count). The van der Waals surface area contributed by atoms with Gasteiger partial charge in [0.1, 0.15) is 0 Å². The minimum absolute atomic E-state index is 0.520. The Morgan fingerprint density at radius 2 is 2.15 bits per heavy atom. The molecule has 1 atom stereocenters. The summed E-state index contributed by atoms with van der Waals surface area (Å²) in [4.78, 5) is 2.91. The van der Waals surface area contributed by atoms with E-state index in [1.165, 1.54) is 29.7 Å². The van der Waals surface area contributed by atoms with Crippen LogP contribution in [0.3, 0.4) is 0 Å². The highest BCUT2D eigenvalue weighted by atomic mass is 35.5. The quantitative estimate of drug-likeness (QED) is 0.882. The van der Waals surface area contributed by atoms with Crippen LogP contribution in [-0.2, 0) is 19.4 Å². The van der Waals surface area contributed by atoms with E-state index >= 15 is 0 Å². The van der Waals surface area contributed by atoms with Crippen LogP contribution in [0, 0.1) is 0 Å². The van der Waals surface area contributed by atoms with Crippen molar-refractivity contribution in [3.8, 4) is 0 Å². The first kappa shape index (κ1) is 14.1. The Hall–Kier alpha value is -0.870. The lowest BCUT2D eigenvalue weighted by Crippen LogP contribution is -2.20. The summed E-state index contributed by atoms with van der Waals surface area (Å²) in [6.45, 7) is 1.34. The zero-order valence-electron chi connectivity index (χ0n) is 11.2. The van der Waals surface area contributed by atoms with Crippen molar-refractivity contribution >= 4 is 22.9 Å². The number of thiophene rings is 1. The van der Waals surface area contributed by atoms with Crippen LogP contribution in [-0.4, -0.2) is 11.7 Å². The number of benzene rings is 1. The summed E-state index contributed by atoms with van der Waals surface area (Å²) < 4.78 is 0. The van der Waals surface area contributed by atoms with E-state index in [0.29, 0.717) is 11.6 Å². The van der Waals surface area contributed by atoms with Crippen LogP contribution in [0.5, 0.6) is 0 Å². The monoisotopic (exact) mass is 307 g/mol. The Balaban J connectivity index is 1.53. The van der Waals surface area contributed by atoms with Gasteiger partial charge in [-0.05, 0) is 37.0 Å². The second-order valence-corrected chi connectivity index (χ2v) is 6.81. The minimum atomic E-state index is -0.560. The summed E-state index contributed by atoms with van der Waals surface area (Å²) in [5, 5.41) is 14.1. The number of aliphatic hydroxyl groups is 1. The molecule has 0 spiro atoms. The Bertz CT molecular complexity index is 574. The molecule has 2 aromatic rings. The zero-order chi connectivity index (χ0) is 13.9. The lowest BCUT2D eigenvalue weighted by atomic mass is 10.1. The van der Waals surface area contributed by atoms with E-state index in [9.17, 15) is 5.11 Å². The van der Waals surface area contributed by atoms with Crippen LogP contribution in [0.15, 0.2) is 30.3 Å². The number of rotatable bonds is 5. The summed E-state index contributed by atoms with van der Waals surface area (Å²) in [6.07, 6.45) is 3.21. The van der Waals surface area contributed by atoms with Crippen LogP contribution in [0.2, 0.25) is 5.02 Å². The first-order valence-electron chi connectivity index (χ1n) is 6.97. The highest BCUT2D eigenvalue weighted by Gasteiger charge is 2.15. The molecule has 2 N–H and O–H groups in total. The molecule has 2 nitrogen and oxygen atoms in total. The predicted molar refractivity (Wildman–Crippen MR) is 84.5 cm³/mol. The lowest BCUT2D eigenvalue weighted by molar-refractivity contribution is 0.174. The summed E-state index contributed by atoms with van der Waals surface area (Å²) in [5.74, 6) is 0. The van der Waals surface area contributed by atoms with Crippen molar-refractivity contribution in [2.75, 3.05) is 6.54 Å². The molecule has 0 bridgehead atoms. The predicted octanol–water partition coefficient (Wildman–Crippen LogP) is 3.71. The summed E-state index contributed by atoms with van der Waals surface area (Å²) in [5.41, 5.74) is 2.31. The van der Waals surface area contributed by atoms with Gasteiger partial charge in [-0.1, -0.05) is 29.8 Å². The Labute approximate surface area is 128 Å². The number of aliphatic hydroxyl groups excluding tert-OH is 1. The van der Waals surface area contributed by atoms with Gasteiger partial charge in [-0.15, -0.1) is 11.3 Å². The lowest BCUT2D eigenvalue weighted by Gasteiger charge is -2.13. The molecule has 1 aliphatic rings. The molecule has 0 saturated heterocycles. The zero-order valence-corrected chi connectivity index (χ0v) is 12.8. The van der Waals surface area contributed by atoms with Crippen LogP contribution < -0.4 is 5.32 Å². The number of fused-ring (bicyclic) bond motifs is 1. The summed E-state index contributed by atoms with van der Waals surface area (Å²) >= 11 is 7.98. The van der Waals surface area contributed by atoms with Crippen molar-refractivity contribution in [1.82, 2.24) is 5.32 Å². The minimum Gasteiger partial charge on any atom is -0.387 e. The van der Waals surface area contributed by atoms with Gasteiger partial charge in [0.05, 0.1) is 6.10 Å². The number of nitrogens with one attached hydrogen (secondary N) is 1. The highest BCUT2D eigenvalue weighted by molar-refractivity contribution is 7.12. The van der Waals surface area contributed by atoms with E-state index in [2.05, 4.69) is 11.4 Å². The van der Waals surface area contributed by atoms with E-state index < -0.39 is 6.10 Å². The third kappa shape index (κ3) is 3.07. The van der Waals surface area contributed by atoms with E-state index in [0.717, 1.165) is 12.1 Å². The van der Waals surface area contributed by atoms with Crippen molar-refractivity contribution in [3.05, 3.63) is 56.2 Å². The maximum Gasteiger partial charge on any atom is 0.0928 e. The van der Waals surface area contributed by atoms with Gasteiger partial charge < -0.3 is 10.4 Å². The van der Waals surface area contributed by atoms with Crippen molar-refractivity contribution < 1.29 is 5.11 Å². The van der Waals surface area contributed by atoms with Gasteiger partial charge >= 0.3 is 0 Å². The van der Waals surface area contributed by atoms with E-state index in [-0.39, 0.29) is 0 Å². The first-order chi connectivity index (χ1) is 9.74. The Kier molecular flexibility index (Phi) is 4.41. The fourth-order valence-electron chi connectivity index (χ4n) is 2.67. The van der Waals surface area contributed by atoms with Crippen molar-refractivity contribution in [2.24, 2.45) is 0 Å². The molecule has 1 aromatic heterocycles. The molecular weight excluding hydrogens is 290 g/mol. The average Bonchev–Trinajstić information content (AvgIpc) is 3.00. The largest absolute Gasteiger partial charge is 0.387 e. The molecule has 1 unspecified atom stereocenters. The maximum atomic E-state index is 10.2. The smallest absolute Gasteiger partial charge is 0.0928 e. The van der Waals surface area contributed by atoms with Gasteiger partial charge in [0, 0.05) is 33.4 Å². The van der Waals surface area contributed by atoms with E-state index in [1.807, 2.05) is 35.6 Å². The molecule has 1 aromatic carbocycles. The van der Waals surface area contributed by atoms with Gasteiger partial charge in [-0.2, -0.15) is 0 Å². The molecule has 1 heterocycles. The van der Waals surface area contributed by atoms with Gasteiger partial charge in [0.2, 0.25) is 0 Å². The summed E-state index contributed by atoms with van der Waals surface area (Å²) in [7, 11) is 0. The third-order valence-electron chi connectivity index (χ3n) is 3.70. The number of hydrogen-bond acceptors (Lipinski definition) is 3. The van der Waals surface area contributed by atoms with Gasteiger partial charge in [-0.3, -0.25) is 0 Å². The number of aryl methyl sites for hydroxylation is 2. The average molecular weight is 308 g/mol. The van der Waals surface area contributed by atoms with Crippen LogP contribution in [0.25, 0.3) is 0 Å². The fraction of sp³-hybridized carbons (Fsp3) is 0.375. The molecule has 1 aliphatic carbocycles. The second kappa shape index (κ2) is 6.27. The molecule has 0 amide bonds. The van der Waals surface area contributed by atoms with Gasteiger partial charge in [0.25, 0.3) is 0 Å². The van der Waals surface area contributed by atoms with E-state index in [1.54, 1.807) is 4.88 Å². The molecule has 0 radical (unpaired) electrons. The molecule has 0 fully saturated rings. The molecule has 20 heavy (non-hydrogen) atoms. The van der Waals surface area contributed by atoms with Gasteiger partial charge in [-0.25, -0.2) is 0 Å². The summed E-state index contributed by atoms with van der Waals surface area (Å²) in [6, 6.07) is 9.76. The Morgan fingerprint density at radius 1 is 1.30 bits per heavy atom. The van der Waals surface area contributed by atoms with Gasteiger partial charge in [0.15, 0.2) is 0 Å². The standard InChI is InChI=1S/C16H18ClNOS/c17-14-6-2-1-5-13(14)15(19)10-18-9-12-8-11-4-3-7-16(11)20-12/h1-2,5-6,8,15,18-19H,3-4,7,9-10H2. The first-order valence-corrected chi connectivity index (χ1v) is 8.17. The van der Waals surface area contributed by atoms with Crippen molar-refractivity contribution in [3.63, 3.8) is 0 Å². The SMILES string of the molecule is OC(CNCc1cc2c(s1)CCC2)c1ccccc1Cl. The molecule has 4 heteroatoms.